The number of anilines is 1. The van der Waals surface area contributed by atoms with Crippen LogP contribution in [0.25, 0.3) is 0 Å². The highest BCUT2D eigenvalue weighted by atomic mass is 32.2. The second-order valence-corrected chi connectivity index (χ2v) is 8.41. The molecule has 4 aliphatic carbocycles. The molecule has 1 nitrogen and oxygen atoms in total. The van der Waals surface area contributed by atoms with Crippen molar-refractivity contribution in [1.29, 1.82) is 0 Å². The zero-order valence-corrected chi connectivity index (χ0v) is 12.6. The average Bonchev–Trinajstić information content (AvgIpc) is 2.38. The molecule has 1 aromatic carbocycles. The maximum atomic E-state index is 13.4. The molecule has 0 spiro atoms. The summed E-state index contributed by atoms with van der Waals surface area (Å²) in [4.78, 5) is 0.931. The first kappa shape index (κ1) is 13.0. The van der Waals surface area contributed by atoms with Crippen molar-refractivity contribution in [3.05, 3.63) is 24.0 Å². The molecule has 0 radical (unpaired) electrons. The van der Waals surface area contributed by atoms with Gasteiger partial charge in [-0.05, 0) is 79.9 Å². The highest BCUT2D eigenvalue weighted by Gasteiger charge is 2.50. The third-order valence-electron chi connectivity index (χ3n) is 5.67. The second kappa shape index (κ2) is 4.66. The van der Waals surface area contributed by atoms with Gasteiger partial charge in [-0.1, -0.05) is 0 Å². The van der Waals surface area contributed by atoms with E-state index in [0.717, 1.165) is 34.1 Å². The number of nitrogen functional groups attached to an aromatic ring is 1. The molecular weight excluding hydrogens is 269 g/mol. The van der Waals surface area contributed by atoms with Gasteiger partial charge >= 0.3 is 0 Å². The molecule has 0 aromatic heterocycles. The fraction of sp³-hybridized carbons (Fsp3) is 0.647. The number of benzene rings is 1. The molecule has 1 aromatic rings. The van der Waals surface area contributed by atoms with Crippen LogP contribution in [0.4, 0.5) is 10.1 Å². The first-order valence-corrected chi connectivity index (χ1v) is 8.78. The van der Waals surface area contributed by atoms with Crippen molar-refractivity contribution >= 4 is 17.4 Å². The van der Waals surface area contributed by atoms with Gasteiger partial charge in [0.2, 0.25) is 0 Å². The number of hydrogen-bond acceptors (Lipinski definition) is 2. The minimum Gasteiger partial charge on any atom is -0.398 e. The Balaban J connectivity index is 1.50. The number of nitrogens with two attached hydrogens (primary N) is 1. The topological polar surface area (TPSA) is 26.0 Å². The van der Waals surface area contributed by atoms with E-state index in [1.807, 2.05) is 0 Å². The molecule has 5 rings (SSSR count). The summed E-state index contributed by atoms with van der Waals surface area (Å²) < 4.78 is 13.4. The Hall–Kier alpha value is -0.700. The lowest BCUT2D eigenvalue weighted by Crippen LogP contribution is -2.47. The quantitative estimate of drug-likeness (QED) is 0.644. The first-order valence-electron chi connectivity index (χ1n) is 7.80. The van der Waals surface area contributed by atoms with Crippen LogP contribution in [-0.4, -0.2) is 5.75 Å². The second-order valence-electron chi connectivity index (χ2n) is 7.39. The van der Waals surface area contributed by atoms with Crippen molar-refractivity contribution in [2.45, 2.75) is 43.4 Å². The fourth-order valence-corrected chi connectivity index (χ4v) is 6.58. The molecule has 0 saturated heterocycles. The molecule has 108 valence electrons. The lowest BCUT2D eigenvalue weighted by molar-refractivity contribution is -0.0381. The van der Waals surface area contributed by atoms with Gasteiger partial charge in [0.05, 0.1) is 0 Å². The standard InChI is InChI=1S/C17H22FNS/c18-14-1-2-15(19)16(6-14)20-10-17-7-11-3-12(8-17)5-13(4-11)9-17/h1-2,6,11-13H,3-5,7-10,19H2. The van der Waals surface area contributed by atoms with Crippen LogP contribution in [0.2, 0.25) is 0 Å². The van der Waals surface area contributed by atoms with Gasteiger partial charge in [-0.15, -0.1) is 11.8 Å². The van der Waals surface area contributed by atoms with Gasteiger partial charge in [0.15, 0.2) is 0 Å². The summed E-state index contributed by atoms with van der Waals surface area (Å²) in [5.74, 6) is 3.89. The molecule has 2 N–H and O–H groups in total. The predicted octanol–water partition coefficient (Wildman–Crippen LogP) is 4.72. The van der Waals surface area contributed by atoms with Gasteiger partial charge in [0.1, 0.15) is 5.82 Å². The Morgan fingerprint density at radius 1 is 1.10 bits per heavy atom. The molecule has 20 heavy (non-hydrogen) atoms. The Morgan fingerprint density at radius 2 is 1.70 bits per heavy atom. The van der Waals surface area contributed by atoms with E-state index in [-0.39, 0.29) is 5.82 Å². The van der Waals surface area contributed by atoms with Gasteiger partial charge in [0.25, 0.3) is 0 Å². The summed E-state index contributed by atoms with van der Waals surface area (Å²) in [7, 11) is 0. The summed E-state index contributed by atoms with van der Waals surface area (Å²) >= 11 is 1.78. The Bertz CT molecular complexity index is 492. The molecule has 3 heteroatoms. The van der Waals surface area contributed by atoms with Crippen LogP contribution in [0.1, 0.15) is 38.5 Å². The third kappa shape index (κ3) is 2.24. The molecule has 4 bridgehead atoms. The van der Waals surface area contributed by atoms with Gasteiger partial charge in [-0.25, -0.2) is 4.39 Å². The molecule has 0 heterocycles. The molecular formula is C17H22FNS. The van der Waals surface area contributed by atoms with Crippen LogP contribution in [0.3, 0.4) is 0 Å². The maximum Gasteiger partial charge on any atom is 0.124 e. The van der Waals surface area contributed by atoms with Gasteiger partial charge in [0, 0.05) is 16.3 Å². The summed E-state index contributed by atoms with van der Waals surface area (Å²) in [6, 6.07) is 4.74. The molecule has 0 amide bonds. The molecule has 4 saturated carbocycles. The largest absolute Gasteiger partial charge is 0.398 e. The van der Waals surface area contributed by atoms with Crippen molar-refractivity contribution in [1.82, 2.24) is 0 Å². The lowest BCUT2D eigenvalue weighted by atomic mass is 9.50. The summed E-state index contributed by atoms with van der Waals surface area (Å²) in [5.41, 5.74) is 7.23. The van der Waals surface area contributed by atoms with Gasteiger partial charge < -0.3 is 5.73 Å². The predicted molar refractivity (Wildman–Crippen MR) is 82.1 cm³/mol. The van der Waals surface area contributed by atoms with E-state index in [9.17, 15) is 4.39 Å². The minimum absolute atomic E-state index is 0.174. The Kier molecular flexibility index (Phi) is 3.03. The van der Waals surface area contributed by atoms with E-state index < -0.39 is 0 Å². The van der Waals surface area contributed by atoms with E-state index in [1.54, 1.807) is 23.9 Å². The van der Waals surface area contributed by atoms with Crippen LogP contribution in [0.15, 0.2) is 23.1 Å². The van der Waals surface area contributed by atoms with Crippen molar-refractivity contribution in [2.75, 3.05) is 11.5 Å². The number of hydrogen-bond donors (Lipinski definition) is 1. The van der Waals surface area contributed by atoms with Gasteiger partial charge in [-0.3, -0.25) is 0 Å². The SMILES string of the molecule is Nc1ccc(F)cc1SCC12CC3CC(CC(C3)C1)C2. The zero-order valence-electron chi connectivity index (χ0n) is 11.8. The van der Waals surface area contributed by atoms with Crippen LogP contribution in [-0.2, 0) is 0 Å². The van der Waals surface area contributed by atoms with Crippen LogP contribution >= 0.6 is 11.8 Å². The molecule has 0 aliphatic heterocycles. The summed E-state index contributed by atoms with van der Waals surface area (Å²) in [6.07, 6.45) is 8.65. The van der Waals surface area contributed by atoms with Crippen molar-refractivity contribution in [2.24, 2.45) is 23.2 Å². The average molecular weight is 291 g/mol. The van der Waals surface area contributed by atoms with Crippen molar-refractivity contribution in [3.63, 3.8) is 0 Å². The normalized spacial score (nSPS) is 38.4. The molecule has 0 atom stereocenters. The first-order chi connectivity index (χ1) is 9.62. The lowest BCUT2D eigenvalue weighted by Gasteiger charge is -2.56. The smallest absolute Gasteiger partial charge is 0.124 e. The highest BCUT2D eigenvalue weighted by molar-refractivity contribution is 7.99. The monoisotopic (exact) mass is 291 g/mol. The number of thioether (sulfide) groups is 1. The van der Waals surface area contributed by atoms with E-state index in [4.69, 9.17) is 5.73 Å². The van der Waals surface area contributed by atoms with E-state index in [0.29, 0.717) is 5.41 Å². The van der Waals surface area contributed by atoms with Crippen molar-refractivity contribution in [3.8, 4) is 0 Å². The van der Waals surface area contributed by atoms with Crippen LogP contribution < -0.4 is 5.73 Å². The summed E-state index contributed by atoms with van der Waals surface area (Å²) in [6.45, 7) is 0. The maximum absolute atomic E-state index is 13.4. The van der Waals surface area contributed by atoms with E-state index in [2.05, 4.69) is 0 Å². The third-order valence-corrected chi connectivity index (χ3v) is 7.10. The van der Waals surface area contributed by atoms with E-state index >= 15 is 0 Å². The zero-order chi connectivity index (χ0) is 13.7. The molecule has 0 unspecified atom stereocenters. The van der Waals surface area contributed by atoms with Crippen molar-refractivity contribution < 1.29 is 4.39 Å². The Morgan fingerprint density at radius 3 is 2.30 bits per heavy atom. The fourth-order valence-electron chi connectivity index (χ4n) is 5.33. The number of rotatable bonds is 3. The number of halogens is 1. The van der Waals surface area contributed by atoms with Crippen LogP contribution in [0, 0.1) is 29.0 Å². The highest BCUT2D eigenvalue weighted by Crippen LogP contribution is 2.61. The van der Waals surface area contributed by atoms with Crippen LogP contribution in [0.5, 0.6) is 0 Å². The van der Waals surface area contributed by atoms with Gasteiger partial charge in [-0.2, -0.15) is 0 Å². The Labute approximate surface area is 124 Å². The minimum atomic E-state index is -0.174. The molecule has 4 fully saturated rings. The van der Waals surface area contributed by atoms with E-state index in [1.165, 1.54) is 44.6 Å². The summed E-state index contributed by atoms with van der Waals surface area (Å²) in [5, 5.41) is 0. The molecule has 4 aliphatic rings.